The van der Waals surface area contributed by atoms with E-state index in [4.69, 9.17) is 4.74 Å². The van der Waals surface area contributed by atoms with Crippen molar-refractivity contribution >= 4 is 5.69 Å². The zero-order valence-corrected chi connectivity index (χ0v) is 13.0. The van der Waals surface area contributed by atoms with E-state index < -0.39 is 0 Å². The van der Waals surface area contributed by atoms with Gasteiger partial charge in [-0.15, -0.1) is 0 Å². The third-order valence-electron chi connectivity index (χ3n) is 4.05. The number of benzene rings is 1. The minimum absolute atomic E-state index is 0.359. The Morgan fingerprint density at radius 2 is 1.75 bits per heavy atom. The Labute approximate surface area is 122 Å². The minimum atomic E-state index is -0.359. The van der Waals surface area contributed by atoms with Crippen LogP contribution in [0.4, 0.5) is 5.69 Å². The summed E-state index contributed by atoms with van der Waals surface area (Å²) in [5, 5.41) is 9.61. The van der Waals surface area contributed by atoms with E-state index in [9.17, 15) is 5.11 Å². The predicted octanol–water partition coefficient (Wildman–Crippen LogP) is 2.28. The van der Waals surface area contributed by atoms with Crippen molar-refractivity contribution in [3.8, 4) is 5.75 Å². The van der Waals surface area contributed by atoms with Crippen LogP contribution in [0.1, 0.15) is 32.3 Å². The summed E-state index contributed by atoms with van der Waals surface area (Å²) in [5.74, 6) is 1.45. The van der Waals surface area contributed by atoms with E-state index >= 15 is 0 Å². The molecule has 1 aromatic carbocycles. The molecule has 1 heterocycles. The molecule has 112 valence electrons. The molecule has 1 fully saturated rings. The number of methoxy groups -OCH3 is 1. The fourth-order valence-corrected chi connectivity index (χ4v) is 2.65. The average molecular weight is 278 g/mol. The van der Waals surface area contributed by atoms with Crippen LogP contribution in [-0.4, -0.2) is 49.5 Å². The number of ether oxygens (including phenoxy) is 1. The number of piperazine rings is 1. The van der Waals surface area contributed by atoms with Gasteiger partial charge in [0.2, 0.25) is 0 Å². The maximum atomic E-state index is 9.61. The van der Waals surface area contributed by atoms with E-state index in [-0.39, 0.29) is 6.23 Å². The molecule has 0 aliphatic carbocycles. The lowest BCUT2D eigenvalue weighted by Gasteiger charge is -2.38. The number of hydrogen-bond donors (Lipinski definition) is 1. The minimum Gasteiger partial charge on any atom is -0.495 e. The molecular weight excluding hydrogens is 252 g/mol. The molecule has 0 spiro atoms. The quantitative estimate of drug-likeness (QED) is 0.916. The highest BCUT2D eigenvalue weighted by atomic mass is 16.5. The molecule has 1 N–H and O–H groups in total. The number of rotatable bonds is 4. The summed E-state index contributed by atoms with van der Waals surface area (Å²) in [7, 11) is 1.73. The van der Waals surface area contributed by atoms with Crippen molar-refractivity contribution in [1.29, 1.82) is 0 Å². The first-order valence-electron chi connectivity index (χ1n) is 7.38. The van der Waals surface area contributed by atoms with Crippen molar-refractivity contribution in [2.24, 2.45) is 0 Å². The maximum absolute atomic E-state index is 9.61. The normalized spacial score (nSPS) is 18.4. The van der Waals surface area contributed by atoms with Gasteiger partial charge in [0.25, 0.3) is 0 Å². The van der Waals surface area contributed by atoms with Gasteiger partial charge in [0.15, 0.2) is 0 Å². The second kappa shape index (κ2) is 6.46. The molecule has 1 saturated heterocycles. The van der Waals surface area contributed by atoms with E-state index in [1.165, 1.54) is 5.56 Å². The topological polar surface area (TPSA) is 35.9 Å². The summed E-state index contributed by atoms with van der Waals surface area (Å²) in [6.45, 7) is 9.81. The van der Waals surface area contributed by atoms with Gasteiger partial charge in [-0.05, 0) is 30.5 Å². The number of aliphatic hydroxyl groups excluding tert-OH is 1. The molecule has 0 bridgehead atoms. The van der Waals surface area contributed by atoms with Crippen LogP contribution in [0.5, 0.6) is 5.75 Å². The summed E-state index contributed by atoms with van der Waals surface area (Å²) >= 11 is 0. The number of anilines is 1. The van der Waals surface area contributed by atoms with Gasteiger partial charge < -0.3 is 14.7 Å². The van der Waals surface area contributed by atoms with Crippen molar-refractivity contribution in [2.75, 3.05) is 38.2 Å². The van der Waals surface area contributed by atoms with Gasteiger partial charge in [0, 0.05) is 26.2 Å². The Morgan fingerprint density at radius 3 is 2.25 bits per heavy atom. The Kier molecular flexibility index (Phi) is 4.89. The SMILES string of the molecule is COc1cc(C(C)C)ccc1N1CCN(C(C)O)CC1. The number of aliphatic hydroxyl groups is 1. The molecule has 1 unspecified atom stereocenters. The first-order chi connectivity index (χ1) is 9.52. The van der Waals surface area contributed by atoms with Gasteiger partial charge in [-0.25, -0.2) is 0 Å². The van der Waals surface area contributed by atoms with Crippen LogP contribution in [0.3, 0.4) is 0 Å². The molecule has 1 aliphatic rings. The highest BCUT2D eigenvalue weighted by molar-refractivity contribution is 5.60. The van der Waals surface area contributed by atoms with Crippen molar-refractivity contribution in [1.82, 2.24) is 4.90 Å². The van der Waals surface area contributed by atoms with Crippen LogP contribution in [0.15, 0.2) is 18.2 Å². The zero-order valence-electron chi connectivity index (χ0n) is 13.0. The molecule has 2 rings (SSSR count). The lowest BCUT2D eigenvalue weighted by atomic mass is 10.0. The predicted molar refractivity (Wildman–Crippen MR) is 82.5 cm³/mol. The second-order valence-electron chi connectivity index (χ2n) is 5.74. The summed E-state index contributed by atoms with van der Waals surface area (Å²) in [5.41, 5.74) is 2.45. The molecule has 4 heteroatoms. The van der Waals surface area contributed by atoms with E-state index in [0.717, 1.165) is 37.6 Å². The highest BCUT2D eigenvalue weighted by Gasteiger charge is 2.22. The molecule has 20 heavy (non-hydrogen) atoms. The Morgan fingerprint density at radius 1 is 1.10 bits per heavy atom. The molecule has 0 radical (unpaired) electrons. The maximum Gasteiger partial charge on any atom is 0.142 e. The molecular formula is C16H26N2O2. The molecule has 0 amide bonds. The van der Waals surface area contributed by atoms with E-state index in [1.807, 2.05) is 6.92 Å². The van der Waals surface area contributed by atoms with Crippen molar-refractivity contribution in [3.63, 3.8) is 0 Å². The molecule has 1 aliphatic heterocycles. The first kappa shape index (κ1) is 15.1. The average Bonchev–Trinajstić information content (AvgIpc) is 2.46. The van der Waals surface area contributed by atoms with Gasteiger partial charge in [0.1, 0.15) is 12.0 Å². The van der Waals surface area contributed by atoms with Gasteiger partial charge in [0.05, 0.1) is 12.8 Å². The van der Waals surface area contributed by atoms with Crippen LogP contribution in [-0.2, 0) is 0 Å². The van der Waals surface area contributed by atoms with Crippen molar-refractivity contribution < 1.29 is 9.84 Å². The standard InChI is InChI=1S/C16H26N2O2/c1-12(2)14-5-6-15(16(11-14)20-4)18-9-7-17(8-10-18)13(3)19/h5-6,11-13,19H,7-10H2,1-4H3. The Bertz CT molecular complexity index is 438. The third kappa shape index (κ3) is 3.25. The van der Waals surface area contributed by atoms with Crippen LogP contribution in [0.2, 0.25) is 0 Å². The molecule has 1 aromatic rings. The van der Waals surface area contributed by atoms with Crippen LogP contribution in [0.25, 0.3) is 0 Å². The summed E-state index contributed by atoms with van der Waals surface area (Å²) < 4.78 is 5.56. The zero-order chi connectivity index (χ0) is 14.7. The fraction of sp³-hybridized carbons (Fsp3) is 0.625. The third-order valence-corrected chi connectivity index (χ3v) is 4.05. The number of hydrogen-bond acceptors (Lipinski definition) is 4. The summed E-state index contributed by atoms with van der Waals surface area (Å²) in [6.07, 6.45) is -0.359. The number of nitrogens with zero attached hydrogens (tertiary/aromatic N) is 2. The smallest absolute Gasteiger partial charge is 0.142 e. The Balaban J connectivity index is 2.13. The van der Waals surface area contributed by atoms with Crippen LogP contribution in [0, 0.1) is 0 Å². The van der Waals surface area contributed by atoms with E-state index in [0.29, 0.717) is 5.92 Å². The molecule has 0 aromatic heterocycles. The summed E-state index contributed by atoms with van der Waals surface area (Å²) in [6, 6.07) is 6.48. The van der Waals surface area contributed by atoms with E-state index in [1.54, 1.807) is 7.11 Å². The monoisotopic (exact) mass is 278 g/mol. The Hall–Kier alpha value is -1.26. The fourth-order valence-electron chi connectivity index (χ4n) is 2.65. The van der Waals surface area contributed by atoms with Gasteiger partial charge in [-0.3, -0.25) is 4.90 Å². The molecule has 0 saturated carbocycles. The lowest BCUT2D eigenvalue weighted by molar-refractivity contribution is 0.0153. The van der Waals surface area contributed by atoms with Gasteiger partial charge in [-0.2, -0.15) is 0 Å². The summed E-state index contributed by atoms with van der Waals surface area (Å²) in [4.78, 5) is 4.42. The second-order valence-corrected chi connectivity index (χ2v) is 5.74. The van der Waals surface area contributed by atoms with Gasteiger partial charge in [-0.1, -0.05) is 19.9 Å². The van der Waals surface area contributed by atoms with Crippen molar-refractivity contribution in [3.05, 3.63) is 23.8 Å². The molecule has 1 atom stereocenters. The van der Waals surface area contributed by atoms with E-state index in [2.05, 4.69) is 41.8 Å². The van der Waals surface area contributed by atoms with Crippen molar-refractivity contribution in [2.45, 2.75) is 32.9 Å². The van der Waals surface area contributed by atoms with Gasteiger partial charge >= 0.3 is 0 Å². The first-order valence-corrected chi connectivity index (χ1v) is 7.38. The van der Waals surface area contributed by atoms with Crippen LogP contribution < -0.4 is 9.64 Å². The van der Waals surface area contributed by atoms with Crippen LogP contribution >= 0.6 is 0 Å². The molecule has 4 nitrogen and oxygen atoms in total. The highest BCUT2D eigenvalue weighted by Crippen LogP contribution is 2.32. The largest absolute Gasteiger partial charge is 0.495 e. The lowest BCUT2D eigenvalue weighted by Crippen LogP contribution is -2.49.